The highest BCUT2D eigenvalue weighted by Gasteiger charge is 2.36. The first-order chi connectivity index (χ1) is 5.79. The van der Waals surface area contributed by atoms with Crippen molar-refractivity contribution in [3.8, 4) is 0 Å². The van der Waals surface area contributed by atoms with Crippen molar-refractivity contribution < 1.29 is 0 Å². The van der Waals surface area contributed by atoms with E-state index in [1.165, 1.54) is 38.5 Å². The van der Waals surface area contributed by atoms with Crippen LogP contribution in [0.2, 0.25) is 0 Å². The number of rotatable bonds is 0. The normalized spacial score (nSPS) is 48.5. The zero-order valence-electron chi connectivity index (χ0n) is 8.55. The molecule has 2 saturated carbocycles. The first kappa shape index (κ1) is 8.59. The summed E-state index contributed by atoms with van der Waals surface area (Å²) in [5.74, 6) is 4.27. The van der Waals surface area contributed by atoms with Gasteiger partial charge in [-0.05, 0) is 36.5 Å². The summed E-state index contributed by atoms with van der Waals surface area (Å²) >= 11 is 0. The Labute approximate surface area is 76.7 Å². The first-order valence-electron chi connectivity index (χ1n) is 5.79. The van der Waals surface area contributed by atoms with Gasteiger partial charge in [0.1, 0.15) is 0 Å². The second kappa shape index (κ2) is 3.40. The van der Waals surface area contributed by atoms with Crippen LogP contribution in [-0.2, 0) is 0 Å². The molecule has 0 heterocycles. The van der Waals surface area contributed by atoms with Gasteiger partial charge in [-0.1, -0.05) is 39.5 Å². The monoisotopic (exact) mass is 166 g/mol. The van der Waals surface area contributed by atoms with E-state index in [1.807, 2.05) is 0 Å². The van der Waals surface area contributed by atoms with Crippen LogP contribution in [0.4, 0.5) is 0 Å². The molecule has 0 aromatic rings. The largest absolute Gasteiger partial charge is 0.0622 e. The maximum atomic E-state index is 2.48. The standard InChI is InChI=1S/C12H22/c1-9-7-8-10(2)12-6-4-3-5-11(9)12/h9-12H,3-8H2,1-2H3/t9?,10?,11-,12?/m0/s1. The van der Waals surface area contributed by atoms with E-state index in [0.717, 1.165) is 23.7 Å². The molecule has 0 aromatic carbocycles. The number of fused-ring (bicyclic) bond motifs is 1. The molecule has 0 aliphatic heterocycles. The molecule has 2 aliphatic carbocycles. The second-order valence-corrected chi connectivity index (χ2v) is 5.14. The molecule has 12 heavy (non-hydrogen) atoms. The average Bonchev–Trinajstić information content (AvgIpc) is 2.12. The zero-order chi connectivity index (χ0) is 8.55. The fourth-order valence-electron chi connectivity index (χ4n) is 3.56. The highest BCUT2D eigenvalue weighted by molar-refractivity contribution is 4.86. The molecular weight excluding hydrogens is 144 g/mol. The Hall–Kier alpha value is 0. The number of hydrogen-bond acceptors (Lipinski definition) is 0. The van der Waals surface area contributed by atoms with Crippen molar-refractivity contribution in [1.29, 1.82) is 0 Å². The summed E-state index contributed by atoms with van der Waals surface area (Å²) in [6.07, 6.45) is 9.10. The van der Waals surface area contributed by atoms with Crippen LogP contribution >= 0.6 is 0 Å². The highest BCUT2D eigenvalue weighted by Crippen LogP contribution is 2.46. The van der Waals surface area contributed by atoms with Gasteiger partial charge in [-0.25, -0.2) is 0 Å². The molecule has 3 unspecified atom stereocenters. The molecule has 0 spiro atoms. The Kier molecular flexibility index (Phi) is 2.43. The van der Waals surface area contributed by atoms with Gasteiger partial charge in [-0.2, -0.15) is 0 Å². The van der Waals surface area contributed by atoms with E-state index in [-0.39, 0.29) is 0 Å². The van der Waals surface area contributed by atoms with E-state index in [4.69, 9.17) is 0 Å². The molecule has 0 radical (unpaired) electrons. The third-order valence-electron chi connectivity index (χ3n) is 4.41. The predicted octanol–water partition coefficient (Wildman–Crippen LogP) is 3.86. The number of hydrogen-bond donors (Lipinski definition) is 0. The minimum absolute atomic E-state index is 1.03. The van der Waals surface area contributed by atoms with Gasteiger partial charge in [0.25, 0.3) is 0 Å². The molecule has 0 N–H and O–H groups in total. The van der Waals surface area contributed by atoms with E-state index < -0.39 is 0 Å². The van der Waals surface area contributed by atoms with Crippen LogP contribution in [0.5, 0.6) is 0 Å². The summed E-state index contributed by atoms with van der Waals surface area (Å²) in [5, 5.41) is 0. The second-order valence-electron chi connectivity index (χ2n) is 5.14. The van der Waals surface area contributed by atoms with E-state index in [1.54, 1.807) is 0 Å². The molecular formula is C12H22. The third-order valence-corrected chi connectivity index (χ3v) is 4.41. The maximum absolute atomic E-state index is 2.48. The van der Waals surface area contributed by atoms with Gasteiger partial charge in [-0.15, -0.1) is 0 Å². The van der Waals surface area contributed by atoms with Gasteiger partial charge in [0.05, 0.1) is 0 Å². The predicted molar refractivity (Wildman–Crippen MR) is 53.0 cm³/mol. The van der Waals surface area contributed by atoms with Gasteiger partial charge in [-0.3, -0.25) is 0 Å². The van der Waals surface area contributed by atoms with Crippen molar-refractivity contribution in [1.82, 2.24) is 0 Å². The lowest BCUT2D eigenvalue weighted by Gasteiger charge is -2.43. The van der Waals surface area contributed by atoms with Crippen molar-refractivity contribution >= 4 is 0 Å². The molecule has 4 atom stereocenters. The van der Waals surface area contributed by atoms with E-state index in [0.29, 0.717) is 0 Å². The maximum Gasteiger partial charge on any atom is -0.0358 e. The summed E-state index contributed by atoms with van der Waals surface area (Å²) in [6.45, 7) is 4.96. The molecule has 0 saturated heterocycles. The van der Waals surface area contributed by atoms with Gasteiger partial charge in [0.2, 0.25) is 0 Å². The van der Waals surface area contributed by atoms with Crippen LogP contribution < -0.4 is 0 Å². The van der Waals surface area contributed by atoms with Crippen LogP contribution in [0.25, 0.3) is 0 Å². The Morgan fingerprint density at radius 2 is 1.08 bits per heavy atom. The van der Waals surface area contributed by atoms with Crippen LogP contribution in [0.3, 0.4) is 0 Å². The van der Waals surface area contributed by atoms with Crippen molar-refractivity contribution in [2.45, 2.75) is 52.4 Å². The van der Waals surface area contributed by atoms with Gasteiger partial charge >= 0.3 is 0 Å². The van der Waals surface area contributed by atoms with Gasteiger partial charge in [0, 0.05) is 0 Å². The Balaban J connectivity index is 2.05. The highest BCUT2D eigenvalue weighted by atomic mass is 14.4. The molecule has 2 aliphatic rings. The summed E-state index contributed by atoms with van der Waals surface area (Å²) in [6, 6.07) is 0. The van der Waals surface area contributed by atoms with Crippen molar-refractivity contribution in [3.63, 3.8) is 0 Å². The molecule has 70 valence electrons. The molecule has 0 aromatic heterocycles. The molecule has 0 amide bonds. The summed E-state index contributed by atoms with van der Waals surface area (Å²) < 4.78 is 0. The van der Waals surface area contributed by atoms with E-state index in [2.05, 4.69) is 13.8 Å². The van der Waals surface area contributed by atoms with Crippen molar-refractivity contribution in [2.24, 2.45) is 23.7 Å². The quantitative estimate of drug-likeness (QED) is 0.512. The van der Waals surface area contributed by atoms with Crippen LogP contribution in [-0.4, -0.2) is 0 Å². The molecule has 2 rings (SSSR count). The minimum atomic E-state index is 1.03. The Bertz CT molecular complexity index is 132. The summed E-state index contributed by atoms with van der Waals surface area (Å²) in [7, 11) is 0. The topological polar surface area (TPSA) is 0 Å². The molecule has 0 nitrogen and oxygen atoms in total. The third kappa shape index (κ3) is 1.41. The zero-order valence-corrected chi connectivity index (χ0v) is 8.55. The van der Waals surface area contributed by atoms with Crippen LogP contribution in [0.15, 0.2) is 0 Å². The Morgan fingerprint density at radius 3 is 1.50 bits per heavy atom. The molecule has 0 heteroatoms. The SMILES string of the molecule is CC1CCC(C)[C@@H]2CCCCC12. The average molecular weight is 166 g/mol. The van der Waals surface area contributed by atoms with Gasteiger partial charge < -0.3 is 0 Å². The van der Waals surface area contributed by atoms with Crippen molar-refractivity contribution in [2.75, 3.05) is 0 Å². The molecule has 0 bridgehead atoms. The van der Waals surface area contributed by atoms with Crippen LogP contribution in [0, 0.1) is 23.7 Å². The lowest BCUT2D eigenvalue weighted by molar-refractivity contribution is 0.0672. The van der Waals surface area contributed by atoms with E-state index in [9.17, 15) is 0 Å². The van der Waals surface area contributed by atoms with Crippen LogP contribution in [0.1, 0.15) is 52.4 Å². The summed E-state index contributed by atoms with van der Waals surface area (Å²) in [5.41, 5.74) is 0. The Morgan fingerprint density at radius 1 is 0.667 bits per heavy atom. The minimum Gasteiger partial charge on any atom is -0.0622 e. The smallest absolute Gasteiger partial charge is 0.0358 e. The lowest BCUT2D eigenvalue weighted by Crippen LogP contribution is -2.34. The fourth-order valence-corrected chi connectivity index (χ4v) is 3.56. The lowest BCUT2D eigenvalue weighted by atomic mass is 9.62. The first-order valence-corrected chi connectivity index (χ1v) is 5.79. The molecule has 2 fully saturated rings. The van der Waals surface area contributed by atoms with Gasteiger partial charge in [0.15, 0.2) is 0 Å². The van der Waals surface area contributed by atoms with Crippen molar-refractivity contribution in [3.05, 3.63) is 0 Å². The fraction of sp³-hybridized carbons (Fsp3) is 1.00. The van der Waals surface area contributed by atoms with E-state index >= 15 is 0 Å². The summed E-state index contributed by atoms with van der Waals surface area (Å²) in [4.78, 5) is 0.